The third-order valence-electron chi connectivity index (χ3n) is 6.80. The molecule has 5 nitrogen and oxygen atoms in total. The Morgan fingerprint density at radius 2 is 1.59 bits per heavy atom. The van der Waals surface area contributed by atoms with E-state index in [-0.39, 0.29) is 37.0 Å². The molecule has 0 bridgehead atoms. The molecule has 0 aliphatic carbocycles. The third-order valence-corrected chi connectivity index (χ3v) is 6.80. The van der Waals surface area contributed by atoms with Crippen molar-refractivity contribution >= 4 is 11.8 Å². The smallest absolute Gasteiger partial charge is 0.341 e. The number of amides is 2. The predicted molar refractivity (Wildman–Crippen MR) is 130 cm³/mol. The molecule has 0 saturated carbocycles. The molecule has 1 saturated heterocycles. The number of hydrogen-bond acceptors (Lipinski definition) is 3. The molecular weight excluding hydrogens is 524 g/mol. The van der Waals surface area contributed by atoms with E-state index in [0.29, 0.717) is 17.7 Å². The molecule has 0 spiro atoms. The molecule has 2 atom stereocenters. The van der Waals surface area contributed by atoms with Crippen LogP contribution in [0.5, 0.6) is 0 Å². The highest BCUT2D eigenvalue weighted by Gasteiger charge is 2.39. The number of likely N-dealkylation sites (tertiary alicyclic amines) is 1. The Morgan fingerprint density at radius 1 is 0.949 bits per heavy atom. The molecular formula is C28H25F6N3O2. The first-order valence-electron chi connectivity index (χ1n) is 12.1. The number of nitrogens with zero attached hydrogens (tertiary/aromatic N) is 3. The minimum atomic E-state index is -4.98. The van der Waals surface area contributed by atoms with Crippen LogP contribution in [0.2, 0.25) is 0 Å². The number of aromatic nitrogens is 1. The van der Waals surface area contributed by atoms with E-state index in [2.05, 4.69) is 4.98 Å². The Morgan fingerprint density at radius 3 is 2.15 bits per heavy atom. The average Bonchev–Trinajstić information content (AvgIpc) is 2.91. The molecule has 3 aromatic rings. The summed E-state index contributed by atoms with van der Waals surface area (Å²) in [5.41, 5.74) is -1.95. The Hall–Kier alpha value is -3.89. The van der Waals surface area contributed by atoms with Crippen LogP contribution < -0.4 is 0 Å². The Kier molecular flexibility index (Phi) is 7.99. The highest BCUT2D eigenvalue weighted by atomic mass is 19.4. The van der Waals surface area contributed by atoms with Crippen LogP contribution >= 0.6 is 0 Å². The molecule has 2 amide bonds. The number of rotatable bonds is 5. The molecule has 4 rings (SSSR count). The van der Waals surface area contributed by atoms with Crippen LogP contribution in [0, 0.1) is 5.92 Å². The van der Waals surface area contributed by atoms with Crippen molar-refractivity contribution in [1.29, 1.82) is 0 Å². The molecule has 0 radical (unpaired) electrons. The molecule has 1 aliphatic heterocycles. The van der Waals surface area contributed by atoms with Gasteiger partial charge in [0.1, 0.15) is 0 Å². The van der Waals surface area contributed by atoms with E-state index in [9.17, 15) is 35.9 Å². The van der Waals surface area contributed by atoms with Crippen LogP contribution in [0.3, 0.4) is 0 Å². The van der Waals surface area contributed by atoms with E-state index in [4.69, 9.17) is 0 Å². The van der Waals surface area contributed by atoms with Gasteiger partial charge in [0, 0.05) is 50.9 Å². The topological polar surface area (TPSA) is 53.5 Å². The SMILES string of the molecule is CN(Cc1cc(C(F)(F)F)cc(C(F)(F)F)c1)C(=O)[C@H]1CCN(C(=O)c2cccnc2)C[C@H]1c1ccccc1. The van der Waals surface area contributed by atoms with Gasteiger partial charge in [-0.2, -0.15) is 26.3 Å². The first-order chi connectivity index (χ1) is 18.3. The molecule has 2 aromatic carbocycles. The molecule has 11 heteroatoms. The second kappa shape index (κ2) is 11.1. The standard InChI is InChI=1S/C28H25F6N3O2/c1-36(16-18-12-21(27(29,30)31)14-22(13-18)28(32,33)34)26(39)23-9-11-37(25(38)20-8-5-10-35-15-20)17-24(23)19-6-3-2-4-7-19/h2-8,10,12-15,23-24H,9,11,16-17H2,1H3/t23-,24-/m0/s1. The van der Waals surface area contributed by atoms with Crippen molar-refractivity contribution < 1.29 is 35.9 Å². The van der Waals surface area contributed by atoms with Crippen molar-refractivity contribution in [3.63, 3.8) is 0 Å². The van der Waals surface area contributed by atoms with Gasteiger partial charge >= 0.3 is 12.4 Å². The summed E-state index contributed by atoms with van der Waals surface area (Å²) in [5.74, 6) is -1.73. The van der Waals surface area contributed by atoms with Crippen molar-refractivity contribution in [3.8, 4) is 0 Å². The zero-order valence-electron chi connectivity index (χ0n) is 20.8. The van der Waals surface area contributed by atoms with Crippen LogP contribution in [-0.4, -0.2) is 46.7 Å². The number of carbonyl (C=O) groups excluding carboxylic acids is 2. The molecule has 1 aromatic heterocycles. The summed E-state index contributed by atoms with van der Waals surface area (Å²) in [7, 11) is 1.35. The second-order valence-electron chi connectivity index (χ2n) is 9.51. The number of halogens is 6. The van der Waals surface area contributed by atoms with Gasteiger partial charge in [0.2, 0.25) is 5.91 Å². The van der Waals surface area contributed by atoms with Crippen molar-refractivity contribution in [2.24, 2.45) is 5.92 Å². The monoisotopic (exact) mass is 549 g/mol. The number of carbonyl (C=O) groups is 2. The lowest BCUT2D eigenvalue weighted by atomic mass is 9.79. The van der Waals surface area contributed by atoms with Gasteiger partial charge in [0.05, 0.1) is 16.7 Å². The van der Waals surface area contributed by atoms with E-state index >= 15 is 0 Å². The maximum Gasteiger partial charge on any atom is 0.416 e. The fraction of sp³-hybridized carbons (Fsp3) is 0.321. The lowest BCUT2D eigenvalue weighted by Crippen LogP contribution is -2.47. The van der Waals surface area contributed by atoms with Crippen molar-refractivity contribution in [3.05, 3.63) is 101 Å². The minimum absolute atomic E-state index is 0.0613. The Balaban J connectivity index is 1.58. The molecule has 2 heterocycles. The molecule has 0 unspecified atom stereocenters. The van der Waals surface area contributed by atoms with E-state index in [0.717, 1.165) is 10.5 Å². The Labute approximate surface area is 221 Å². The maximum atomic E-state index is 13.6. The van der Waals surface area contributed by atoms with Crippen LogP contribution in [0.15, 0.2) is 73.1 Å². The Bertz CT molecular complexity index is 1280. The van der Waals surface area contributed by atoms with Gasteiger partial charge in [-0.3, -0.25) is 14.6 Å². The quantitative estimate of drug-likeness (QED) is 0.366. The van der Waals surface area contributed by atoms with E-state index in [1.165, 1.54) is 13.2 Å². The number of hydrogen-bond donors (Lipinski definition) is 0. The number of benzene rings is 2. The first kappa shape index (κ1) is 28.1. The molecule has 39 heavy (non-hydrogen) atoms. The summed E-state index contributed by atoms with van der Waals surface area (Å²) >= 11 is 0. The van der Waals surface area contributed by atoms with Gasteiger partial charge in [-0.25, -0.2) is 0 Å². The van der Waals surface area contributed by atoms with Crippen LogP contribution in [0.4, 0.5) is 26.3 Å². The van der Waals surface area contributed by atoms with E-state index in [1.54, 1.807) is 41.4 Å². The van der Waals surface area contributed by atoms with Gasteiger partial charge in [-0.05, 0) is 47.9 Å². The fourth-order valence-corrected chi connectivity index (χ4v) is 4.89. The lowest BCUT2D eigenvalue weighted by Gasteiger charge is -2.39. The normalized spacial score (nSPS) is 18.1. The van der Waals surface area contributed by atoms with Crippen LogP contribution in [-0.2, 0) is 23.7 Å². The van der Waals surface area contributed by atoms with Crippen molar-refractivity contribution in [2.45, 2.75) is 31.2 Å². The highest BCUT2D eigenvalue weighted by molar-refractivity contribution is 5.94. The average molecular weight is 550 g/mol. The predicted octanol–water partition coefficient (Wildman–Crippen LogP) is 6.02. The number of pyridine rings is 1. The van der Waals surface area contributed by atoms with Gasteiger partial charge in [-0.15, -0.1) is 0 Å². The molecule has 1 fully saturated rings. The van der Waals surface area contributed by atoms with Crippen molar-refractivity contribution in [1.82, 2.24) is 14.8 Å². The van der Waals surface area contributed by atoms with E-state index < -0.39 is 47.8 Å². The summed E-state index contributed by atoms with van der Waals surface area (Å²) in [6, 6.07) is 13.6. The zero-order valence-corrected chi connectivity index (χ0v) is 20.8. The minimum Gasteiger partial charge on any atom is -0.341 e. The molecule has 0 N–H and O–H groups in total. The highest BCUT2D eigenvalue weighted by Crippen LogP contribution is 2.38. The summed E-state index contributed by atoms with van der Waals surface area (Å²) in [6.07, 6.45) is -6.69. The summed E-state index contributed by atoms with van der Waals surface area (Å²) in [5, 5.41) is 0. The van der Waals surface area contributed by atoms with Crippen LogP contribution in [0.25, 0.3) is 0 Å². The van der Waals surface area contributed by atoms with Gasteiger partial charge in [-0.1, -0.05) is 30.3 Å². The molecule has 1 aliphatic rings. The van der Waals surface area contributed by atoms with Gasteiger partial charge in [0.25, 0.3) is 5.91 Å². The summed E-state index contributed by atoms with van der Waals surface area (Å²) < 4.78 is 79.8. The van der Waals surface area contributed by atoms with Crippen molar-refractivity contribution in [2.75, 3.05) is 20.1 Å². The lowest BCUT2D eigenvalue weighted by molar-refractivity contribution is -0.143. The summed E-state index contributed by atoms with van der Waals surface area (Å²) in [6.45, 7) is 0.0228. The number of alkyl halides is 6. The van der Waals surface area contributed by atoms with Crippen LogP contribution in [0.1, 0.15) is 45.0 Å². The zero-order chi connectivity index (χ0) is 28.4. The fourth-order valence-electron chi connectivity index (χ4n) is 4.89. The maximum absolute atomic E-state index is 13.6. The first-order valence-corrected chi connectivity index (χ1v) is 12.1. The van der Waals surface area contributed by atoms with E-state index in [1.807, 2.05) is 12.1 Å². The second-order valence-corrected chi connectivity index (χ2v) is 9.51. The largest absolute Gasteiger partial charge is 0.416 e. The molecule has 206 valence electrons. The van der Waals surface area contributed by atoms with Gasteiger partial charge < -0.3 is 9.80 Å². The number of piperidine rings is 1. The summed E-state index contributed by atoms with van der Waals surface area (Å²) in [4.78, 5) is 33.4. The third kappa shape index (κ3) is 6.58. The van der Waals surface area contributed by atoms with Gasteiger partial charge in [0.15, 0.2) is 0 Å².